The van der Waals surface area contributed by atoms with E-state index >= 15 is 0 Å². The number of nitro benzene ring substituents is 1. The van der Waals surface area contributed by atoms with Gasteiger partial charge in [-0.3, -0.25) is 15.1 Å². The first-order valence-electron chi connectivity index (χ1n) is 10.3. The molecule has 2 aromatic carbocycles. The molecule has 3 heterocycles. The van der Waals surface area contributed by atoms with Crippen LogP contribution < -0.4 is 9.80 Å². The first kappa shape index (κ1) is 19.7. The third-order valence-electron chi connectivity index (χ3n) is 5.51. The van der Waals surface area contributed by atoms with E-state index in [1.165, 1.54) is 6.07 Å². The summed E-state index contributed by atoms with van der Waals surface area (Å²) in [4.78, 5) is 24.3. The third-order valence-corrected chi connectivity index (χ3v) is 5.51. The summed E-state index contributed by atoms with van der Waals surface area (Å²) in [5.74, 6) is 0.615. The van der Waals surface area contributed by atoms with Gasteiger partial charge in [-0.2, -0.15) is 4.98 Å². The van der Waals surface area contributed by atoms with Crippen molar-refractivity contribution in [2.24, 2.45) is 0 Å². The summed E-state index contributed by atoms with van der Waals surface area (Å²) in [6, 6.07) is 18.8. The molecule has 0 atom stereocenters. The number of nitrogens with zero attached hydrogens (tertiary/aromatic N) is 6. The fourth-order valence-electron chi connectivity index (χ4n) is 3.87. The molecule has 0 N–H and O–H groups in total. The average molecular weight is 428 g/mol. The maximum absolute atomic E-state index is 11.9. The Hall–Kier alpha value is -4.27. The minimum atomic E-state index is -0.360. The number of nitro groups is 1. The molecule has 0 bridgehead atoms. The summed E-state index contributed by atoms with van der Waals surface area (Å²) in [5, 5.41) is 15.8. The zero-order chi connectivity index (χ0) is 21.9. The molecule has 1 saturated heterocycles. The van der Waals surface area contributed by atoms with Crippen LogP contribution in [0.1, 0.15) is 0 Å². The van der Waals surface area contributed by atoms with Gasteiger partial charge >= 0.3 is 0 Å². The highest BCUT2D eigenvalue weighted by atomic mass is 16.6. The lowest BCUT2D eigenvalue weighted by Crippen LogP contribution is -2.46. The van der Waals surface area contributed by atoms with Gasteiger partial charge in [-0.15, -0.1) is 0 Å². The summed E-state index contributed by atoms with van der Waals surface area (Å²) < 4.78 is 5.36. The van der Waals surface area contributed by atoms with Gasteiger partial charge in [0.2, 0.25) is 5.82 Å². The summed E-state index contributed by atoms with van der Waals surface area (Å²) in [6.07, 6.45) is 3.29. The monoisotopic (exact) mass is 428 g/mol. The fourth-order valence-corrected chi connectivity index (χ4v) is 3.87. The predicted molar refractivity (Wildman–Crippen MR) is 120 cm³/mol. The average Bonchev–Trinajstić information content (AvgIpc) is 3.35. The number of hydrogen-bond donors (Lipinski definition) is 0. The summed E-state index contributed by atoms with van der Waals surface area (Å²) in [5.41, 5.74) is 3.00. The molecule has 1 aliphatic heterocycles. The Balaban J connectivity index is 1.37. The normalized spacial score (nSPS) is 13.9. The van der Waals surface area contributed by atoms with Crippen LogP contribution in [0.5, 0.6) is 0 Å². The molecule has 0 aliphatic carbocycles. The maximum atomic E-state index is 11.9. The van der Waals surface area contributed by atoms with E-state index in [-0.39, 0.29) is 16.5 Å². The first-order chi connectivity index (χ1) is 15.7. The highest BCUT2D eigenvalue weighted by Crippen LogP contribution is 2.34. The van der Waals surface area contributed by atoms with Crippen molar-refractivity contribution in [2.75, 3.05) is 36.0 Å². The van der Waals surface area contributed by atoms with Gasteiger partial charge in [0.05, 0.1) is 4.92 Å². The van der Waals surface area contributed by atoms with E-state index in [0.717, 1.165) is 18.8 Å². The largest absolute Gasteiger partial charge is 0.368 e. The minimum Gasteiger partial charge on any atom is -0.368 e. The van der Waals surface area contributed by atoms with Gasteiger partial charge in [0.25, 0.3) is 11.6 Å². The molecule has 0 amide bonds. The number of piperazine rings is 1. The molecule has 0 spiro atoms. The van der Waals surface area contributed by atoms with Crippen molar-refractivity contribution in [1.82, 2.24) is 15.1 Å². The molecule has 0 radical (unpaired) electrons. The predicted octanol–water partition coefficient (Wildman–Crippen LogP) is 4.03. The smallest absolute Gasteiger partial charge is 0.293 e. The van der Waals surface area contributed by atoms with Crippen LogP contribution in [0.2, 0.25) is 0 Å². The van der Waals surface area contributed by atoms with Crippen LogP contribution in [0.25, 0.3) is 22.8 Å². The van der Waals surface area contributed by atoms with Gasteiger partial charge in [-0.05, 0) is 36.4 Å². The van der Waals surface area contributed by atoms with Gasteiger partial charge in [0, 0.05) is 61.5 Å². The van der Waals surface area contributed by atoms with Gasteiger partial charge in [-0.25, -0.2) is 0 Å². The highest BCUT2D eigenvalue weighted by molar-refractivity contribution is 5.72. The van der Waals surface area contributed by atoms with E-state index in [9.17, 15) is 10.1 Å². The Labute approximate surface area is 184 Å². The summed E-state index contributed by atoms with van der Waals surface area (Å²) in [6.45, 7) is 2.98. The van der Waals surface area contributed by atoms with E-state index in [2.05, 4.69) is 37.1 Å². The number of anilines is 2. The molecular formula is C23H20N6O3. The quantitative estimate of drug-likeness (QED) is 0.347. The Morgan fingerprint density at radius 1 is 0.906 bits per heavy atom. The Morgan fingerprint density at radius 2 is 1.69 bits per heavy atom. The third kappa shape index (κ3) is 3.87. The lowest BCUT2D eigenvalue weighted by atomic mass is 10.1. The Bertz CT molecular complexity index is 1220. The molecule has 5 rings (SSSR count). The second-order valence-electron chi connectivity index (χ2n) is 7.44. The summed E-state index contributed by atoms with van der Waals surface area (Å²) >= 11 is 0. The van der Waals surface area contributed by atoms with Crippen LogP contribution in [-0.4, -0.2) is 46.2 Å². The van der Waals surface area contributed by atoms with Crippen molar-refractivity contribution in [2.45, 2.75) is 0 Å². The number of para-hydroxylation sites is 1. The van der Waals surface area contributed by atoms with Crippen LogP contribution in [-0.2, 0) is 0 Å². The number of pyridine rings is 1. The number of benzene rings is 2. The van der Waals surface area contributed by atoms with Crippen LogP contribution in [0.15, 0.2) is 77.6 Å². The molecule has 1 fully saturated rings. The SMILES string of the molecule is O=[N+]([O-])c1cc(-c2nc(-c3cccnc3)no2)ccc1N1CCN(c2ccccc2)CC1. The van der Waals surface area contributed by atoms with Crippen LogP contribution in [0.4, 0.5) is 17.1 Å². The lowest BCUT2D eigenvalue weighted by molar-refractivity contribution is -0.384. The standard InChI is InChI=1S/C23H20N6O3/c30-29(31)21-15-17(23-25-22(26-32-23)18-5-4-10-24-16-18)8-9-20(21)28-13-11-27(12-14-28)19-6-2-1-3-7-19/h1-10,15-16H,11-14H2. The Kier molecular flexibility index (Phi) is 5.20. The molecule has 9 nitrogen and oxygen atoms in total. The molecule has 2 aromatic heterocycles. The highest BCUT2D eigenvalue weighted by Gasteiger charge is 2.25. The number of hydrogen-bond acceptors (Lipinski definition) is 8. The zero-order valence-corrected chi connectivity index (χ0v) is 17.2. The first-order valence-corrected chi connectivity index (χ1v) is 10.3. The molecule has 9 heteroatoms. The minimum absolute atomic E-state index is 0.0248. The van der Waals surface area contributed by atoms with E-state index in [0.29, 0.717) is 35.7 Å². The molecule has 4 aromatic rings. The second-order valence-corrected chi connectivity index (χ2v) is 7.44. The molecule has 0 unspecified atom stereocenters. The topological polar surface area (TPSA) is 101 Å². The van der Waals surface area contributed by atoms with E-state index in [1.807, 2.05) is 24.3 Å². The van der Waals surface area contributed by atoms with Gasteiger partial charge < -0.3 is 14.3 Å². The molecule has 1 aliphatic rings. The second kappa shape index (κ2) is 8.46. The van der Waals surface area contributed by atoms with Crippen molar-refractivity contribution in [3.05, 3.63) is 83.2 Å². The van der Waals surface area contributed by atoms with Crippen molar-refractivity contribution < 1.29 is 9.45 Å². The van der Waals surface area contributed by atoms with E-state index in [4.69, 9.17) is 4.52 Å². The molecule has 160 valence electrons. The van der Waals surface area contributed by atoms with Crippen molar-refractivity contribution in [3.8, 4) is 22.8 Å². The molecule has 0 saturated carbocycles. The van der Waals surface area contributed by atoms with E-state index < -0.39 is 0 Å². The fraction of sp³-hybridized carbons (Fsp3) is 0.174. The van der Waals surface area contributed by atoms with Gasteiger partial charge in [-0.1, -0.05) is 23.4 Å². The van der Waals surface area contributed by atoms with Crippen LogP contribution in [0.3, 0.4) is 0 Å². The molecule has 32 heavy (non-hydrogen) atoms. The van der Waals surface area contributed by atoms with E-state index in [1.54, 1.807) is 30.6 Å². The zero-order valence-electron chi connectivity index (χ0n) is 17.2. The van der Waals surface area contributed by atoms with Crippen molar-refractivity contribution in [1.29, 1.82) is 0 Å². The molecular weight excluding hydrogens is 408 g/mol. The Morgan fingerprint density at radius 3 is 2.41 bits per heavy atom. The summed E-state index contributed by atoms with van der Waals surface area (Å²) in [7, 11) is 0. The maximum Gasteiger partial charge on any atom is 0.293 e. The lowest BCUT2D eigenvalue weighted by Gasteiger charge is -2.37. The van der Waals surface area contributed by atoms with Gasteiger partial charge in [0.15, 0.2) is 0 Å². The van der Waals surface area contributed by atoms with Gasteiger partial charge in [0.1, 0.15) is 5.69 Å². The van der Waals surface area contributed by atoms with Crippen LogP contribution >= 0.6 is 0 Å². The number of rotatable bonds is 5. The van der Waals surface area contributed by atoms with Crippen LogP contribution in [0, 0.1) is 10.1 Å². The van der Waals surface area contributed by atoms with Crippen molar-refractivity contribution in [3.63, 3.8) is 0 Å². The van der Waals surface area contributed by atoms with Crippen molar-refractivity contribution >= 4 is 17.1 Å². The number of aromatic nitrogens is 3.